The van der Waals surface area contributed by atoms with E-state index in [1.807, 2.05) is 7.05 Å². The maximum absolute atomic E-state index is 4.35. The van der Waals surface area contributed by atoms with Crippen molar-refractivity contribution in [3.8, 4) is 0 Å². The quantitative estimate of drug-likeness (QED) is 0.742. The van der Waals surface area contributed by atoms with Crippen molar-refractivity contribution in [3.05, 3.63) is 17.5 Å². The molecule has 0 spiro atoms. The molecule has 3 nitrogen and oxygen atoms in total. The molecule has 0 bridgehead atoms. The lowest BCUT2D eigenvalue weighted by Crippen LogP contribution is -2.04. The first-order chi connectivity index (χ1) is 6.40. The summed E-state index contributed by atoms with van der Waals surface area (Å²) in [5.74, 6) is 0.724. The van der Waals surface area contributed by atoms with Crippen LogP contribution in [0.25, 0.3) is 0 Å². The summed E-state index contributed by atoms with van der Waals surface area (Å²) >= 11 is 0. The van der Waals surface area contributed by atoms with Gasteiger partial charge in [-0.3, -0.25) is 5.10 Å². The first-order valence-corrected chi connectivity index (χ1v) is 5.09. The Morgan fingerprint density at radius 1 is 1.54 bits per heavy atom. The SMILES string of the molecule is CNCc1cc(C2CCCC2)n[nH]1. The van der Waals surface area contributed by atoms with E-state index in [-0.39, 0.29) is 0 Å². The number of aromatic nitrogens is 2. The third-order valence-electron chi connectivity index (χ3n) is 2.79. The average Bonchev–Trinajstić information content (AvgIpc) is 2.70. The first kappa shape index (κ1) is 8.75. The van der Waals surface area contributed by atoms with Crippen LogP contribution in [0.5, 0.6) is 0 Å². The maximum Gasteiger partial charge on any atom is 0.0656 e. The van der Waals surface area contributed by atoms with E-state index >= 15 is 0 Å². The molecule has 1 aromatic heterocycles. The van der Waals surface area contributed by atoms with E-state index < -0.39 is 0 Å². The summed E-state index contributed by atoms with van der Waals surface area (Å²) in [5, 5.41) is 10.5. The van der Waals surface area contributed by atoms with Gasteiger partial charge < -0.3 is 5.32 Å². The molecule has 0 unspecified atom stereocenters. The minimum Gasteiger partial charge on any atom is -0.314 e. The summed E-state index contributed by atoms with van der Waals surface area (Å²) in [6.45, 7) is 0.889. The summed E-state index contributed by atoms with van der Waals surface area (Å²) in [5.41, 5.74) is 2.46. The molecule has 0 atom stereocenters. The Bertz CT molecular complexity index is 261. The molecule has 0 amide bonds. The second kappa shape index (κ2) is 3.92. The lowest BCUT2D eigenvalue weighted by molar-refractivity contribution is 0.692. The van der Waals surface area contributed by atoms with Crippen LogP contribution in [0.15, 0.2) is 6.07 Å². The molecule has 0 radical (unpaired) electrons. The summed E-state index contributed by atoms with van der Waals surface area (Å²) in [7, 11) is 1.95. The predicted molar refractivity (Wildman–Crippen MR) is 52.6 cm³/mol. The van der Waals surface area contributed by atoms with Crippen LogP contribution in [0.2, 0.25) is 0 Å². The predicted octanol–water partition coefficient (Wildman–Crippen LogP) is 1.79. The molecule has 3 heteroatoms. The van der Waals surface area contributed by atoms with E-state index in [2.05, 4.69) is 21.6 Å². The van der Waals surface area contributed by atoms with E-state index in [0.717, 1.165) is 12.5 Å². The third-order valence-corrected chi connectivity index (χ3v) is 2.79. The Balaban J connectivity index is 2.03. The van der Waals surface area contributed by atoms with E-state index in [1.54, 1.807) is 0 Å². The molecule has 13 heavy (non-hydrogen) atoms. The number of hydrogen-bond donors (Lipinski definition) is 2. The second-order valence-electron chi connectivity index (χ2n) is 3.83. The number of nitrogens with zero attached hydrogens (tertiary/aromatic N) is 1. The highest BCUT2D eigenvalue weighted by Crippen LogP contribution is 2.32. The molecule has 0 aliphatic heterocycles. The molecule has 72 valence electrons. The maximum atomic E-state index is 4.35. The zero-order valence-electron chi connectivity index (χ0n) is 8.14. The van der Waals surface area contributed by atoms with Gasteiger partial charge >= 0.3 is 0 Å². The molecular formula is C10H17N3. The fraction of sp³-hybridized carbons (Fsp3) is 0.700. The lowest BCUT2D eigenvalue weighted by Gasteiger charge is -2.02. The van der Waals surface area contributed by atoms with Gasteiger partial charge in [0.1, 0.15) is 0 Å². The second-order valence-corrected chi connectivity index (χ2v) is 3.83. The summed E-state index contributed by atoms with van der Waals surface area (Å²) < 4.78 is 0. The molecule has 1 fully saturated rings. The minimum atomic E-state index is 0.724. The molecule has 0 saturated heterocycles. The first-order valence-electron chi connectivity index (χ1n) is 5.09. The van der Waals surface area contributed by atoms with Crippen LogP contribution in [0, 0.1) is 0 Å². The van der Waals surface area contributed by atoms with Crippen LogP contribution in [0.3, 0.4) is 0 Å². The molecule has 2 N–H and O–H groups in total. The number of H-pyrrole nitrogens is 1. The van der Waals surface area contributed by atoms with Crippen LogP contribution < -0.4 is 5.32 Å². The standard InChI is InChI=1S/C10H17N3/c1-11-7-9-6-10(13-12-9)8-4-2-3-5-8/h6,8,11H,2-5,7H2,1H3,(H,12,13). The van der Waals surface area contributed by atoms with Crippen LogP contribution in [-0.4, -0.2) is 17.2 Å². The molecule has 1 aliphatic rings. The van der Waals surface area contributed by atoms with Crippen molar-refractivity contribution in [2.75, 3.05) is 7.05 Å². The number of hydrogen-bond acceptors (Lipinski definition) is 2. The fourth-order valence-electron chi connectivity index (χ4n) is 2.09. The Kier molecular flexibility index (Phi) is 2.64. The molecule has 0 aromatic carbocycles. The highest BCUT2D eigenvalue weighted by molar-refractivity contribution is 5.14. The average molecular weight is 179 g/mol. The van der Waals surface area contributed by atoms with Gasteiger partial charge in [-0.2, -0.15) is 5.10 Å². The van der Waals surface area contributed by atoms with Crippen LogP contribution in [-0.2, 0) is 6.54 Å². The largest absolute Gasteiger partial charge is 0.314 e. The highest BCUT2D eigenvalue weighted by Gasteiger charge is 2.19. The Labute approximate surface area is 78.9 Å². The van der Waals surface area contributed by atoms with Gasteiger partial charge in [0.05, 0.1) is 5.69 Å². The van der Waals surface area contributed by atoms with Gasteiger partial charge in [0.2, 0.25) is 0 Å². The molecule has 1 aliphatic carbocycles. The summed E-state index contributed by atoms with van der Waals surface area (Å²) in [4.78, 5) is 0. The van der Waals surface area contributed by atoms with Crippen LogP contribution in [0.4, 0.5) is 0 Å². The Morgan fingerprint density at radius 3 is 3.00 bits per heavy atom. The number of rotatable bonds is 3. The van der Waals surface area contributed by atoms with E-state index in [4.69, 9.17) is 0 Å². The van der Waals surface area contributed by atoms with Crippen LogP contribution >= 0.6 is 0 Å². The topological polar surface area (TPSA) is 40.7 Å². The zero-order chi connectivity index (χ0) is 9.10. The number of nitrogens with one attached hydrogen (secondary N) is 2. The van der Waals surface area contributed by atoms with Gasteiger partial charge in [0.15, 0.2) is 0 Å². The van der Waals surface area contributed by atoms with Crippen molar-refractivity contribution in [2.24, 2.45) is 0 Å². The van der Waals surface area contributed by atoms with E-state index in [9.17, 15) is 0 Å². The monoisotopic (exact) mass is 179 g/mol. The normalized spacial score (nSPS) is 18.2. The molecule has 1 aromatic rings. The van der Waals surface area contributed by atoms with Crippen molar-refractivity contribution < 1.29 is 0 Å². The van der Waals surface area contributed by atoms with Gasteiger partial charge in [-0.05, 0) is 26.0 Å². The van der Waals surface area contributed by atoms with E-state index in [1.165, 1.54) is 37.1 Å². The Morgan fingerprint density at radius 2 is 2.31 bits per heavy atom. The smallest absolute Gasteiger partial charge is 0.0656 e. The summed E-state index contributed by atoms with van der Waals surface area (Å²) in [6.07, 6.45) is 5.39. The highest BCUT2D eigenvalue weighted by atomic mass is 15.1. The van der Waals surface area contributed by atoms with Gasteiger partial charge in [-0.15, -0.1) is 0 Å². The summed E-state index contributed by atoms with van der Waals surface area (Å²) in [6, 6.07) is 2.20. The van der Waals surface area contributed by atoms with Gasteiger partial charge in [-0.1, -0.05) is 12.8 Å². The van der Waals surface area contributed by atoms with Gasteiger partial charge in [-0.25, -0.2) is 0 Å². The third kappa shape index (κ3) is 1.91. The van der Waals surface area contributed by atoms with Gasteiger partial charge in [0, 0.05) is 18.2 Å². The van der Waals surface area contributed by atoms with Crippen molar-refractivity contribution in [1.82, 2.24) is 15.5 Å². The minimum absolute atomic E-state index is 0.724. The number of aromatic amines is 1. The van der Waals surface area contributed by atoms with Crippen LogP contribution in [0.1, 0.15) is 43.0 Å². The fourth-order valence-corrected chi connectivity index (χ4v) is 2.09. The zero-order valence-corrected chi connectivity index (χ0v) is 8.14. The van der Waals surface area contributed by atoms with Gasteiger partial charge in [0.25, 0.3) is 0 Å². The van der Waals surface area contributed by atoms with E-state index in [0.29, 0.717) is 0 Å². The van der Waals surface area contributed by atoms with Crippen molar-refractivity contribution in [1.29, 1.82) is 0 Å². The van der Waals surface area contributed by atoms with Crippen molar-refractivity contribution in [3.63, 3.8) is 0 Å². The lowest BCUT2D eigenvalue weighted by atomic mass is 10.0. The molecule has 1 saturated carbocycles. The van der Waals surface area contributed by atoms with Crippen molar-refractivity contribution >= 4 is 0 Å². The Hall–Kier alpha value is -0.830. The molecule has 2 rings (SSSR count). The molecular weight excluding hydrogens is 162 g/mol. The van der Waals surface area contributed by atoms with Crippen molar-refractivity contribution in [2.45, 2.75) is 38.1 Å². The molecule has 1 heterocycles.